The van der Waals surface area contributed by atoms with Crippen molar-refractivity contribution in [2.45, 2.75) is 102 Å². The van der Waals surface area contributed by atoms with E-state index in [0.717, 1.165) is 101 Å². The smallest absolute Gasteiger partial charge is 0.319 e. The summed E-state index contributed by atoms with van der Waals surface area (Å²) in [6.07, 6.45) is 10.1. The lowest BCUT2D eigenvalue weighted by atomic mass is 9.85. The third kappa shape index (κ3) is 8.82. The second kappa shape index (κ2) is 18.5. The zero-order chi connectivity index (χ0) is 50.3. The molecule has 16 heteroatoms. The van der Waals surface area contributed by atoms with Crippen molar-refractivity contribution in [1.82, 2.24) is 30.1 Å². The van der Waals surface area contributed by atoms with Crippen molar-refractivity contribution in [2.75, 3.05) is 68.8 Å². The number of aryl methyl sites for hydroxylation is 1. The maximum atomic E-state index is 17.2. The van der Waals surface area contributed by atoms with Gasteiger partial charge in [0.25, 0.3) is 5.91 Å². The van der Waals surface area contributed by atoms with Crippen LogP contribution in [0.5, 0.6) is 11.8 Å². The van der Waals surface area contributed by atoms with E-state index in [1.807, 2.05) is 30.0 Å². The summed E-state index contributed by atoms with van der Waals surface area (Å²) in [6.45, 7) is 10.9. The van der Waals surface area contributed by atoms with Crippen molar-refractivity contribution < 1.29 is 38.1 Å². The second-order valence-corrected chi connectivity index (χ2v) is 22.1. The number of β-amino-alcohol motifs (C(OH)–C–C–N with tert-alkyl or cyclic N) is 1. The van der Waals surface area contributed by atoms with E-state index >= 15 is 8.78 Å². The molecule has 6 aliphatic rings. The average molecular weight is 993 g/mol. The molecule has 0 spiro atoms. The van der Waals surface area contributed by atoms with Crippen LogP contribution < -0.4 is 19.9 Å². The van der Waals surface area contributed by atoms with Gasteiger partial charge >= 0.3 is 6.01 Å². The average Bonchev–Trinajstić information content (AvgIpc) is 4.09. The fourth-order valence-electron chi connectivity index (χ4n) is 12.9. The zero-order valence-electron chi connectivity index (χ0n) is 41.6. The predicted octanol–water partition coefficient (Wildman–Crippen LogP) is 8.41. The molecule has 2 aromatic heterocycles. The van der Waals surface area contributed by atoms with Gasteiger partial charge in [0, 0.05) is 60.7 Å². The molecule has 5 fully saturated rings. The molecular formula is C57H62F2N8O6. The highest BCUT2D eigenvalue weighted by atomic mass is 19.1. The topological polar surface area (TPSA) is 165 Å². The minimum Gasteiger partial charge on any atom is -0.508 e. The number of phenols is 1. The van der Waals surface area contributed by atoms with Crippen LogP contribution in [0.1, 0.15) is 105 Å². The summed E-state index contributed by atoms with van der Waals surface area (Å²) in [5.74, 6) is -0.701. The van der Waals surface area contributed by atoms with Gasteiger partial charge < -0.3 is 29.6 Å². The lowest BCUT2D eigenvalue weighted by molar-refractivity contribution is -0.134. The van der Waals surface area contributed by atoms with Gasteiger partial charge in [-0.05, 0) is 167 Å². The van der Waals surface area contributed by atoms with Crippen LogP contribution >= 0.6 is 0 Å². The quantitative estimate of drug-likeness (QED) is 0.101. The van der Waals surface area contributed by atoms with Crippen LogP contribution in [0, 0.1) is 23.0 Å². The number of carbonyl (C=O) groups excluding carboxylic acids is 3. The first-order chi connectivity index (χ1) is 35.2. The number of pyridine rings is 1. The van der Waals surface area contributed by atoms with Crippen LogP contribution in [0.25, 0.3) is 43.7 Å². The fourth-order valence-corrected chi connectivity index (χ4v) is 12.9. The van der Waals surface area contributed by atoms with Crippen LogP contribution in [0.15, 0.2) is 60.8 Å². The molecule has 7 heterocycles. The molecule has 2 atom stereocenters. The third-order valence-electron chi connectivity index (χ3n) is 16.9. The van der Waals surface area contributed by atoms with E-state index in [-0.39, 0.29) is 52.2 Å². The van der Waals surface area contributed by atoms with E-state index < -0.39 is 29.2 Å². The Kier molecular flexibility index (Phi) is 12.1. The lowest BCUT2D eigenvalue weighted by Crippen LogP contribution is -2.53. The molecule has 3 amide bonds. The number of imide groups is 1. The van der Waals surface area contributed by atoms with Gasteiger partial charge in [-0.25, -0.2) is 8.78 Å². The van der Waals surface area contributed by atoms with Gasteiger partial charge in [0.2, 0.25) is 11.8 Å². The van der Waals surface area contributed by atoms with Crippen molar-refractivity contribution in [3.63, 3.8) is 0 Å². The summed E-state index contributed by atoms with van der Waals surface area (Å²) in [4.78, 5) is 61.4. The molecule has 1 saturated carbocycles. The number of benzene rings is 4. The monoisotopic (exact) mass is 992 g/mol. The van der Waals surface area contributed by atoms with Crippen molar-refractivity contribution >= 4 is 61.7 Å². The Morgan fingerprint density at radius 1 is 0.863 bits per heavy atom. The Labute approximate surface area is 422 Å². The number of phenolic OH excluding ortho intramolecular Hbond substituents is 1. The van der Waals surface area contributed by atoms with E-state index in [0.29, 0.717) is 83.9 Å². The molecule has 14 nitrogen and oxygen atoms in total. The van der Waals surface area contributed by atoms with E-state index in [1.54, 1.807) is 24.0 Å². The highest BCUT2D eigenvalue weighted by Gasteiger charge is 2.46. The highest BCUT2D eigenvalue weighted by Crippen LogP contribution is 2.48. The molecule has 73 heavy (non-hydrogen) atoms. The SMILES string of the molecule is CCc1c(F)ccc2cc(O)cc(-c3ncc4c(N5CCC[C@@](C)(O)C5)nc(OCC5(CN6CCC(CN7CCC(c8ccc9c%10c(cccc8%10)N(C8CCC(=O)NC8=O)C9=O)CC7)CC6)CC5)nc4c3F)c12. The van der Waals surface area contributed by atoms with E-state index in [4.69, 9.17) is 14.7 Å². The van der Waals surface area contributed by atoms with Crippen molar-refractivity contribution in [2.24, 2.45) is 11.3 Å². The molecule has 0 bridgehead atoms. The standard InChI is InChI=1S/C57H62F2N8O6/c1-3-37-43(58)11-8-35-26-36(68)27-41(47(35)37)50-49(59)51-42(28-60-50)52(66-21-5-18-56(2,72)30-66)63-55(62-51)73-32-57(19-20-57)31-65-22-14-33(15-23-65)29-64-24-16-34(17-25-64)38-9-10-40-48-39(38)6-4-7-44(48)67(54(40)71)45-12-13-46(69)61-53(45)70/h4,6-11,26-28,33-34,45,68,72H,3,5,12-25,29-32H2,1-2H3,(H,61,69,70)/t45?,56-/m1/s1. The van der Waals surface area contributed by atoms with Crippen LogP contribution in [-0.4, -0.2) is 123 Å². The number of hydrogen-bond acceptors (Lipinski definition) is 12. The van der Waals surface area contributed by atoms with E-state index in [9.17, 15) is 24.6 Å². The van der Waals surface area contributed by atoms with Crippen molar-refractivity contribution in [3.05, 3.63) is 89.1 Å². The number of likely N-dealkylation sites (tertiary alicyclic amines) is 2. The maximum Gasteiger partial charge on any atom is 0.319 e. The molecule has 5 aliphatic heterocycles. The summed E-state index contributed by atoms with van der Waals surface area (Å²) in [5, 5.41) is 27.7. The second-order valence-electron chi connectivity index (χ2n) is 22.1. The third-order valence-corrected chi connectivity index (χ3v) is 16.9. The van der Waals surface area contributed by atoms with Gasteiger partial charge in [-0.15, -0.1) is 0 Å². The van der Waals surface area contributed by atoms with Crippen LogP contribution in [-0.2, 0) is 16.0 Å². The highest BCUT2D eigenvalue weighted by molar-refractivity contribution is 6.27. The largest absolute Gasteiger partial charge is 0.508 e. The van der Waals surface area contributed by atoms with Gasteiger partial charge in [0.1, 0.15) is 34.6 Å². The maximum absolute atomic E-state index is 17.2. The molecule has 4 aromatic carbocycles. The Hall–Kier alpha value is -6.36. The zero-order valence-corrected chi connectivity index (χ0v) is 41.6. The molecule has 3 N–H and O–H groups in total. The predicted molar refractivity (Wildman–Crippen MR) is 275 cm³/mol. The van der Waals surface area contributed by atoms with E-state index in [1.165, 1.54) is 23.9 Å². The number of ether oxygens (including phenoxy) is 1. The lowest BCUT2D eigenvalue weighted by Gasteiger charge is -2.39. The number of aliphatic hydroxyl groups is 1. The molecule has 0 radical (unpaired) electrons. The fraction of sp³-hybridized carbons (Fsp3) is 0.474. The number of halogens is 2. The first kappa shape index (κ1) is 47.6. The minimum absolute atomic E-state index is 0.0104. The Morgan fingerprint density at radius 2 is 1.66 bits per heavy atom. The number of nitrogens with zero attached hydrogens (tertiary/aromatic N) is 7. The number of aromatic nitrogens is 3. The number of amides is 3. The van der Waals surface area contributed by atoms with Gasteiger partial charge in [0.15, 0.2) is 5.82 Å². The van der Waals surface area contributed by atoms with Crippen LogP contribution in [0.3, 0.4) is 0 Å². The first-order valence-corrected chi connectivity index (χ1v) is 26.3. The Bertz CT molecular complexity index is 3220. The van der Waals surface area contributed by atoms with Gasteiger partial charge in [0.05, 0.1) is 23.3 Å². The summed E-state index contributed by atoms with van der Waals surface area (Å²) in [7, 11) is 0. The number of fused-ring (bicyclic) bond motifs is 2. The van der Waals surface area contributed by atoms with Gasteiger partial charge in [-0.1, -0.05) is 31.2 Å². The van der Waals surface area contributed by atoms with E-state index in [2.05, 4.69) is 32.2 Å². The number of aromatic hydroxyl groups is 1. The molecule has 1 aliphatic carbocycles. The molecule has 4 saturated heterocycles. The first-order valence-electron chi connectivity index (χ1n) is 26.3. The molecular weight excluding hydrogens is 931 g/mol. The summed E-state index contributed by atoms with van der Waals surface area (Å²) >= 11 is 0. The number of nitrogens with one attached hydrogen (secondary N) is 1. The number of rotatable bonds is 12. The Balaban J connectivity index is 0.697. The summed E-state index contributed by atoms with van der Waals surface area (Å²) < 4.78 is 38.8. The molecule has 6 aromatic rings. The van der Waals surface area contributed by atoms with Crippen LogP contribution in [0.4, 0.5) is 20.3 Å². The molecule has 12 rings (SSSR count). The summed E-state index contributed by atoms with van der Waals surface area (Å²) in [6, 6.07) is 15.3. The number of hydrogen-bond donors (Lipinski definition) is 3. The molecule has 380 valence electrons. The number of piperidine rings is 4. The van der Waals surface area contributed by atoms with Gasteiger partial charge in [-0.2, -0.15) is 9.97 Å². The van der Waals surface area contributed by atoms with Crippen molar-refractivity contribution in [1.29, 1.82) is 0 Å². The molecule has 1 unspecified atom stereocenters. The summed E-state index contributed by atoms with van der Waals surface area (Å²) in [5.41, 5.74) is 2.23. The van der Waals surface area contributed by atoms with Crippen molar-refractivity contribution in [3.8, 4) is 23.0 Å². The number of anilines is 2. The minimum atomic E-state index is -0.969. The van der Waals surface area contributed by atoms with Gasteiger partial charge in [-0.3, -0.25) is 29.6 Å². The number of carbonyl (C=O) groups is 3. The normalized spacial score (nSPS) is 23.0. The Morgan fingerprint density at radius 3 is 2.41 bits per heavy atom. The van der Waals surface area contributed by atoms with Crippen LogP contribution in [0.2, 0.25) is 0 Å².